The maximum atomic E-state index is 9.68. The van der Waals surface area contributed by atoms with Gasteiger partial charge in [0.1, 0.15) is 5.75 Å². The Balaban J connectivity index is 2.91. The molecule has 0 atom stereocenters. The maximum Gasteiger partial charge on any atom is 0.301 e. The Morgan fingerprint density at radius 2 is 1.75 bits per heavy atom. The van der Waals surface area contributed by atoms with Gasteiger partial charge in [-0.05, 0) is 12.1 Å². The van der Waals surface area contributed by atoms with Gasteiger partial charge in [0, 0.05) is 25.9 Å². The third-order valence-corrected chi connectivity index (χ3v) is 2.20. The van der Waals surface area contributed by atoms with Gasteiger partial charge in [0.25, 0.3) is 0 Å². The zero-order chi connectivity index (χ0) is 12.0. The normalized spacial score (nSPS) is 12.0. The van der Waals surface area contributed by atoms with Crippen LogP contribution in [-0.2, 0) is 9.47 Å². The first-order chi connectivity index (χ1) is 7.65. The fourth-order valence-electron chi connectivity index (χ4n) is 1.22. The fourth-order valence-corrected chi connectivity index (χ4v) is 1.22. The zero-order valence-corrected chi connectivity index (χ0v) is 9.64. The van der Waals surface area contributed by atoms with E-state index in [4.69, 9.17) is 14.2 Å². The molecule has 88 valence electrons. The van der Waals surface area contributed by atoms with Gasteiger partial charge in [-0.1, -0.05) is 18.2 Å². The highest BCUT2D eigenvalue weighted by molar-refractivity contribution is 5.57. The monoisotopic (exact) mass is 224 g/mol. The van der Waals surface area contributed by atoms with Crippen molar-refractivity contribution in [2.45, 2.75) is 5.97 Å². The molecule has 0 unspecified atom stereocenters. The smallest absolute Gasteiger partial charge is 0.301 e. The highest BCUT2D eigenvalue weighted by atomic mass is 16.8. The van der Waals surface area contributed by atoms with Gasteiger partial charge in [0.05, 0.1) is 7.11 Å². The Kier molecular flexibility index (Phi) is 4.49. The summed E-state index contributed by atoms with van der Waals surface area (Å²) >= 11 is 0. The molecule has 0 saturated heterocycles. The molecular weight excluding hydrogens is 208 g/mol. The zero-order valence-electron chi connectivity index (χ0n) is 9.64. The van der Waals surface area contributed by atoms with Crippen LogP contribution in [0.3, 0.4) is 0 Å². The number of para-hydroxylation sites is 1. The molecule has 0 aliphatic rings. The van der Waals surface area contributed by atoms with Crippen LogP contribution < -0.4 is 4.74 Å². The minimum absolute atomic E-state index is 0.716. The molecular formula is C12H16O4. The van der Waals surface area contributed by atoms with Gasteiger partial charge >= 0.3 is 5.97 Å². The first-order valence-corrected chi connectivity index (χ1v) is 4.80. The second-order valence-corrected chi connectivity index (χ2v) is 3.11. The largest absolute Gasteiger partial charge is 0.496 e. The van der Waals surface area contributed by atoms with Gasteiger partial charge < -0.3 is 19.3 Å². The number of rotatable bonds is 5. The standard InChI is InChI=1S/C12H16O4/c1-14-11-7-5-4-6-10(11)8-9-12(13,15-2)16-3/h4-9,13H,1-3H3. The van der Waals surface area contributed by atoms with Crippen LogP contribution >= 0.6 is 0 Å². The molecule has 0 heterocycles. The molecule has 1 rings (SSSR count). The lowest BCUT2D eigenvalue weighted by molar-refractivity contribution is -0.304. The third-order valence-electron chi connectivity index (χ3n) is 2.20. The number of methoxy groups -OCH3 is 3. The summed E-state index contributed by atoms with van der Waals surface area (Å²) < 4.78 is 14.7. The highest BCUT2D eigenvalue weighted by Crippen LogP contribution is 2.20. The third kappa shape index (κ3) is 3.06. The van der Waals surface area contributed by atoms with Crippen molar-refractivity contribution >= 4 is 6.08 Å². The molecule has 4 heteroatoms. The summed E-state index contributed by atoms with van der Waals surface area (Å²) in [5.41, 5.74) is 0.831. The molecule has 0 aliphatic heterocycles. The van der Waals surface area contributed by atoms with E-state index in [1.54, 1.807) is 13.2 Å². The highest BCUT2D eigenvalue weighted by Gasteiger charge is 2.21. The van der Waals surface area contributed by atoms with Crippen LogP contribution in [0, 0.1) is 0 Å². The Morgan fingerprint density at radius 3 is 2.31 bits per heavy atom. The van der Waals surface area contributed by atoms with Crippen molar-refractivity contribution in [3.05, 3.63) is 35.9 Å². The lowest BCUT2D eigenvalue weighted by atomic mass is 10.2. The number of benzene rings is 1. The van der Waals surface area contributed by atoms with Crippen molar-refractivity contribution < 1.29 is 19.3 Å². The minimum Gasteiger partial charge on any atom is -0.496 e. The van der Waals surface area contributed by atoms with Crippen LogP contribution in [0.25, 0.3) is 6.08 Å². The fraction of sp³-hybridized carbons (Fsp3) is 0.333. The van der Waals surface area contributed by atoms with Crippen molar-refractivity contribution in [3.8, 4) is 5.75 Å². The van der Waals surface area contributed by atoms with E-state index in [0.29, 0.717) is 5.75 Å². The molecule has 0 bridgehead atoms. The van der Waals surface area contributed by atoms with Crippen molar-refractivity contribution in [2.24, 2.45) is 0 Å². The summed E-state index contributed by atoms with van der Waals surface area (Å²) in [4.78, 5) is 0. The summed E-state index contributed by atoms with van der Waals surface area (Å²) in [7, 11) is 4.30. The average Bonchev–Trinajstić information content (AvgIpc) is 2.36. The summed E-state index contributed by atoms with van der Waals surface area (Å²) in [5.74, 6) is -0.991. The van der Waals surface area contributed by atoms with E-state index in [2.05, 4.69) is 0 Å². The molecule has 4 nitrogen and oxygen atoms in total. The lowest BCUT2D eigenvalue weighted by Crippen LogP contribution is -2.30. The number of ether oxygens (including phenoxy) is 3. The Morgan fingerprint density at radius 1 is 1.12 bits per heavy atom. The van der Waals surface area contributed by atoms with Crippen LogP contribution in [0.1, 0.15) is 5.56 Å². The molecule has 1 aromatic carbocycles. The molecule has 0 amide bonds. The van der Waals surface area contributed by atoms with Crippen LogP contribution in [-0.4, -0.2) is 32.4 Å². The topological polar surface area (TPSA) is 47.9 Å². The molecule has 0 spiro atoms. The van der Waals surface area contributed by atoms with E-state index in [1.165, 1.54) is 20.3 Å². The minimum atomic E-state index is -1.71. The van der Waals surface area contributed by atoms with Crippen molar-refractivity contribution in [1.82, 2.24) is 0 Å². The van der Waals surface area contributed by atoms with Crippen molar-refractivity contribution in [2.75, 3.05) is 21.3 Å². The number of aliphatic hydroxyl groups is 1. The second kappa shape index (κ2) is 5.65. The van der Waals surface area contributed by atoms with E-state index in [-0.39, 0.29) is 0 Å². The van der Waals surface area contributed by atoms with Gasteiger partial charge in [-0.3, -0.25) is 0 Å². The van der Waals surface area contributed by atoms with Gasteiger partial charge in [-0.2, -0.15) is 0 Å². The summed E-state index contributed by atoms with van der Waals surface area (Å²) in [6.45, 7) is 0. The molecule has 0 fully saturated rings. The first-order valence-electron chi connectivity index (χ1n) is 4.80. The van der Waals surface area contributed by atoms with E-state index in [1.807, 2.05) is 24.3 Å². The van der Waals surface area contributed by atoms with E-state index < -0.39 is 5.97 Å². The second-order valence-electron chi connectivity index (χ2n) is 3.11. The Bertz CT molecular complexity index is 356. The van der Waals surface area contributed by atoms with Gasteiger partial charge in [-0.15, -0.1) is 0 Å². The van der Waals surface area contributed by atoms with Gasteiger partial charge in [0.15, 0.2) is 0 Å². The summed E-state index contributed by atoms with van der Waals surface area (Å²) in [5, 5.41) is 9.68. The molecule has 0 radical (unpaired) electrons. The maximum absolute atomic E-state index is 9.68. The quantitative estimate of drug-likeness (QED) is 0.772. The van der Waals surface area contributed by atoms with E-state index >= 15 is 0 Å². The predicted molar refractivity (Wildman–Crippen MR) is 61.0 cm³/mol. The van der Waals surface area contributed by atoms with Gasteiger partial charge in [-0.25, -0.2) is 0 Å². The van der Waals surface area contributed by atoms with E-state index in [0.717, 1.165) is 5.56 Å². The molecule has 1 aromatic rings. The molecule has 0 aliphatic carbocycles. The Hall–Kier alpha value is -1.36. The van der Waals surface area contributed by atoms with E-state index in [9.17, 15) is 5.11 Å². The average molecular weight is 224 g/mol. The lowest BCUT2D eigenvalue weighted by Gasteiger charge is -2.19. The number of hydrogen-bond acceptors (Lipinski definition) is 4. The van der Waals surface area contributed by atoms with Crippen molar-refractivity contribution in [1.29, 1.82) is 0 Å². The number of hydrogen-bond donors (Lipinski definition) is 1. The first kappa shape index (κ1) is 12.7. The predicted octanol–water partition coefficient (Wildman–Crippen LogP) is 1.65. The molecule has 1 N–H and O–H groups in total. The van der Waals surface area contributed by atoms with Gasteiger partial charge in [0.2, 0.25) is 0 Å². The van der Waals surface area contributed by atoms with Crippen LogP contribution in [0.15, 0.2) is 30.3 Å². The summed E-state index contributed by atoms with van der Waals surface area (Å²) in [6, 6.07) is 7.44. The van der Waals surface area contributed by atoms with Crippen LogP contribution in [0.2, 0.25) is 0 Å². The SMILES string of the molecule is COc1ccccc1C=CC(O)(OC)OC. The Labute approximate surface area is 95.1 Å². The molecule has 0 aromatic heterocycles. The van der Waals surface area contributed by atoms with Crippen LogP contribution in [0.5, 0.6) is 5.75 Å². The molecule has 0 saturated carbocycles. The van der Waals surface area contributed by atoms with Crippen LogP contribution in [0.4, 0.5) is 0 Å². The molecule has 16 heavy (non-hydrogen) atoms. The summed E-state index contributed by atoms with van der Waals surface area (Å²) in [6.07, 6.45) is 3.08. The van der Waals surface area contributed by atoms with Crippen molar-refractivity contribution in [3.63, 3.8) is 0 Å².